The molecule has 1 nitrogen and oxygen atoms in total. The maximum atomic E-state index is 13.0. The minimum atomic E-state index is -0.422. The van der Waals surface area contributed by atoms with Gasteiger partial charge in [0.05, 0.1) is 6.10 Å². The Morgan fingerprint density at radius 3 is 2.68 bits per heavy atom. The Labute approximate surface area is 117 Å². The van der Waals surface area contributed by atoms with E-state index in [2.05, 4.69) is 0 Å². The van der Waals surface area contributed by atoms with Gasteiger partial charge in [0.2, 0.25) is 0 Å². The van der Waals surface area contributed by atoms with Crippen LogP contribution in [0, 0.1) is 12.7 Å². The zero-order valence-corrected chi connectivity index (χ0v) is 11.7. The lowest BCUT2D eigenvalue weighted by atomic mass is 10.0. The number of rotatable bonds is 5. The van der Waals surface area contributed by atoms with E-state index >= 15 is 0 Å². The van der Waals surface area contributed by atoms with Crippen LogP contribution in [0.5, 0.6) is 0 Å². The van der Waals surface area contributed by atoms with Crippen molar-refractivity contribution in [3.8, 4) is 0 Å². The van der Waals surface area contributed by atoms with Gasteiger partial charge >= 0.3 is 0 Å². The monoisotopic (exact) mass is 276 g/mol. The van der Waals surface area contributed by atoms with Gasteiger partial charge in [0.1, 0.15) is 5.82 Å². The van der Waals surface area contributed by atoms with Crippen LogP contribution in [0.1, 0.15) is 11.1 Å². The Balaban J connectivity index is 1.88. The van der Waals surface area contributed by atoms with Crippen molar-refractivity contribution < 1.29 is 9.50 Å². The van der Waals surface area contributed by atoms with Gasteiger partial charge < -0.3 is 5.11 Å². The van der Waals surface area contributed by atoms with Crippen molar-refractivity contribution in [3.05, 3.63) is 65.5 Å². The summed E-state index contributed by atoms with van der Waals surface area (Å²) in [5, 5.41) is 10.0. The summed E-state index contributed by atoms with van der Waals surface area (Å²) in [4.78, 5) is 0.851. The maximum Gasteiger partial charge on any atom is 0.124 e. The number of aryl methyl sites for hydroxylation is 1. The van der Waals surface area contributed by atoms with E-state index in [-0.39, 0.29) is 5.82 Å². The quantitative estimate of drug-likeness (QED) is 0.838. The second-order valence-electron chi connectivity index (χ2n) is 4.55. The van der Waals surface area contributed by atoms with E-state index in [0.29, 0.717) is 12.2 Å². The molecular formula is C16H17FOS. The van der Waals surface area contributed by atoms with Crippen LogP contribution in [0.2, 0.25) is 0 Å². The highest BCUT2D eigenvalue weighted by molar-refractivity contribution is 7.99. The lowest BCUT2D eigenvalue weighted by molar-refractivity contribution is 0.200. The summed E-state index contributed by atoms with van der Waals surface area (Å²) >= 11 is 1.48. The summed E-state index contributed by atoms with van der Waals surface area (Å²) < 4.78 is 13.0. The standard InChI is InChI=1S/C16H17FOS/c1-12-5-2-3-6-13(12)9-15(18)11-19-16-8-4-7-14(17)10-16/h2-8,10,15,18H,9,11H2,1H3. The molecule has 0 bridgehead atoms. The average molecular weight is 276 g/mol. The van der Waals surface area contributed by atoms with Gasteiger partial charge in [-0.25, -0.2) is 4.39 Å². The highest BCUT2D eigenvalue weighted by Gasteiger charge is 2.08. The van der Waals surface area contributed by atoms with Crippen LogP contribution in [-0.2, 0) is 6.42 Å². The third kappa shape index (κ3) is 4.37. The molecule has 0 aromatic heterocycles. The van der Waals surface area contributed by atoms with Crippen molar-refractivity contribution in [3.63, 3.8) is 0 Å². The van der Waals surface area contributed by atoms with Crippen molar-refractivity contribution >= 4 is 11.8 Å². The summed E-state index contributed by atoms with van der Waals surface area (Å²) in [5.74, 6) is 0.330. The van der Waals surface area contributed by atoms with Gasteiger partial charge in [0.15, 0.2) is 0 Å². The van der Waals surface area contributed by atoms with Gasteiger partial charge in [-0.15, -0.1) is 11.8 Å². The van der Waals surface area contributed by atoms with Crippen LogP contribution >= 0.6 is 11.8 Å². The summed E-state index contributed by atoms with van der Waals surface area (Å²) in [5.41, 5.74) is 2.35. The summed E-state index contributed by atoms with van der Waals surface area (Å²) in [6.45, 7) is 2.04. The molecule has 19 heavy (non-hydrogen) atoms. The van der Waals surface area contributed by atoms with Crippen molar-refractivity contribution in [2.75, 3.05) is 5.75 Å². The molecule has 3 heteroatoms. The number of thioether (sulfide) groups is 1. The Bertz CT molecular complexity index is 542. The molecule has 0 radical (unpaired) electrons. The van der Waals surface area contributed by atoms with Crippen molar-refractivity contribution in [2.45, 2.75) is 24.3 Å². The molecule has 0 aliphatic carbocycles. The van der Waals surface area contributed by atoms with Crippen LogP contribution in [0.15, 0.2) is 53.4 Å². The molecule has 100 valence electrons. The van der Waals surface area contributed by atoms with Gasteiger partial charge in [0.25, 0.3) is 0 Å². The normalized spacial score (nSPS) is 12.4. The summed E-state index contributed by atoms with van der Waals surface area (Å²) in [6, 6.07) is 14.5. The van der Waals surface area contributed by atoms with Crippen LogP contribution in [-0.4, -0.2) is 17.0 Å². The van der Waals surface area contributed by atoms with E-state index in [4.69, 9.17) is 0 Å². The van der Waals surface area contributed by atoms with E-state index in [1.54, 1.807) is 6.07 Å². The number of benzene rings is 2. The molecule has 2 aromatic rings. The van der Waals surface area contributed by atoms with Gasteiger partial charge in [-0.3, -0.25) is 0 Å². The second-order valence-corrected chi connectivity index (χ2v) is 5.65. The fraction of sp³-hybridized carbons (Fsp3) is 0.250. The fourth-order valence-corrected chi connectivity index (χ4v) is 2.77. The molecule has 1 unspecified atom stereocenters. The first kappa shape index (κ1) is 14.1. The first-order valence-electron chi connectivity index (χ1n) is 6.26. The Kier molecular flexibility index (Phi) is 5.00. The van der Waals surface area contributed by atoms with Gasteiger partial charge in [-0.05, 0) is 42.7 Å². The van der Waals surface area contributed by atoms with E-state index in [1.807, 2.05) is 37.3 Å². The first-order valence-corrected chi connectivity index (χ1v) is 7.24. The van der Waals surface area contributed by atoms with Crippen LogP contribution in [0.3, 0.4) is 0 Å². The number of aliphatic hydroxyl groups is 1. The highest BCUT2D eigenvalue weighted by Crippen LogP contribution is 2.21. The van der Waals surface area contributed by atoms with E-state index in [1.165, 1.54) is 29.5 Å². The molecule has 0 amide bonds. The third-order valence-electron chi connectivity index (χ3n) is 2.96. The fourth-order valence-electron chi connectivity index (χ4n) is 1.90. The predicted octanol–water partition coefficient (Wildman–Crippen LogP) is 3.83. The van der Waals surface area contributed by atoms with E-state index < -0.39 is 6.10 Å². The van der Waals surface area contributed by atoms with Crippen molar-refractivity contribution in [2.24, 2.45) is 0 Å². The zero-order valence-electron chi connectivity index (χ0n) is 10.8. The molecule has 0 spiro atoms. The van der Waals surface area contributed by atoms with Gasteiger partial charge in [-0.1, -0.05) is 30.3 Å². The lowest BCUT2D eigenvalue weighted by Crippen LogP contribution is -2.14. The van der Waals surface area contributed by atoms with Crippen molar-refractivity contribution in [1.82, 2.24) is 0 Å². The maximum absolute atomic E-state index is 13.0. The predicted molar refractivity (Wildman–Crippen MR) is 78.0 cm³/mol. The number of hydrogen-bond acceptors (Lipinski definition) is 2. The number of halogens is 1. The molecule has 2 rings (SSSR count). The molecule has 0 saturated heterocycles. The molecule has 1 N–H and O–H groups in total. The SMILES string of the molecule is Cc1ccccc1CC(O)CSc1cccc(F)c1. The Hall–Kier alpha value is -1.32. The molecule has 0 aliphatic heterocycles. The Morgan fingerprint density at radius 1 is 1.16 bits per heavy atom. The van der Waals surface area contributed by atoms with Gasteiger partial charge in [0, 0.05) is 10.6 Å². The molecule has 1 atom stereocenters. The summed E-state index contributed by atoms with van der Waals surface area (Å²) in [7, 11) is 0. The molecule has 0 fully saturated rings. The molecule has 0 aliphatic rings. The number of aliphatic hydroxyl groups excluding tert-OH is 1. The first-order chi connectivity index (χ1) is 9.15. The second kappa shape index (κ2) is 6.73. The average Bonchev–Trinajstić information content (AvgIpc) is 2.39. The van der Waals surface area contributed by atoms with Crippen LogP contribution in [0.4, 0.5) is 4.39 Å². The van der Waals surface area contributed by atoms with Gasteiger partial charge in [-0.2, -0.15) is 0 Å². The van der Waals surface area contributed by atoms with Crippen molar-refractivity contribution in [1.29, 1.82) is 0 Å². The minimum absolute atomic E-state index is 0.238. The lowest BCUT2D eigenvalue weighted by Gasteiger charge is -2.12. The largest absolute Gasteiger partial charge is 0.392 e. The van der Waals surface area contributed by atoms with Crippen LogP contribution in [0.25, 0.3) is 0 Å². The summed E-state index contributed by atoms with van der Waals surface area (Å²) in [6.07, 6.45) is 0.212. The highest BCUT2D eigenvalue weighted by atomic mass is 32.2. The molecule has 0 saturated carbocycles. The topological polar surface area (TPSA) is 20.2 Å². The molecule has 2 aromatic carbocycles. The molecular weight excluding hydrogens is 259 g/mol. The third-order valence-corrected chi connectivity index (χ3v) is 4.09. The Morgan fingerprint density at radius 2 is 1.95 bits per heavy atom. The van der Waals surface area contributed by atoms with E-state index in [0.717, 1.165) is 10.5 Å². The van der Waals surface area contributed by atoms with Crippen LogP contribution < -0.4 is 0 Å². The van der Waals surface area contributed by atoms with E-state index in [9.17, 15) is 9.50 Å². The number of hydrogen-bond donors (Lipinski definition) is 1. The molecule has 0 heterocycles. The zero-order chi connectivity index (χ0) is 13.7. The minimum Gasteiger partial charge on any atom is -0.392 e. The smallest absolute Gasteiger partial charge is 0.124 e.